The van der Waals surface area contributed by atoms with Crippen LogP contribution in [0.5, 0.6) is 17.2 Å². The molecular weight excluding hydrogens is 331 g/mol. The van der Waals surface area contributed by atoms with E-state index in [0.717, 1.165) is 37.5 Å². The lowest BCUT2D eigenvalue weighted by atomic mass is 10.2. The van der Waals surface area contributed by atoms with Gasteiger partial charge in [0.25, 0.3) is 0 Å². The molecule has 0 spiro atoms. The first-order chi connectivity index (χ1) is 12.0. The fraction of sp³-hybridized carbons (Fsp3) is 0.368. The summed E-state index contributed by atoms with van der Waals surface area (Å²) < 4.78 is 49.3. The molecule has 3 rings (SSSR count). The molecule has 0 radical (unpaired) electrons. The second kappa shape index (κ2) is 7.78. The van der Waals surface area contributed by atoms with Gasteiger partial charge in [-0.2, -0.15) is 13.2 Å². The van der Waals surface area contributed by atoms with Crippen LogP contribution in [0.15, 0.2) is 48.5 Å². The smallest absolute Gasteiger partial charge is 0.416 e. The largest absolute Gasteiger partial charge is 0.492 e. The average Bonchev–Trinajstić information content (AvgIpc) is 3.09. The Labute approximate surface area is 145 Å². The van der Waals surface area contributed by atoms with Crippen molar-refractivity contribution in [2.75, 3.05) is 26.2 Å². The van der Waals surface area contributed by atoms with Crippen molar-refractivity contribution in [3.63, 3.8) is 0 Å². The molecule has 0 unspecified atom stereocenters. The van der Waals surface area contributed by atoms with E-state index in [4.69, 9.17) is 9.47 Å². The number of ether oxygens (including phenoxy) is 2. The Balaban J connectivity index is 1.53. The van der Waals surface area contributed by atoms with Crippen LogP contribution in [0, 0.1) is 0 Å². The number of likely N-dealkylation sites (tertiary alicyclic amines) is 1. The van der Waals surface area contributed by atoms with Crippen molar-refractivity contribution in [2.24, 2.45) is 0 Å². The zero-order chi connectivity index (χ0) is 17.7. The highest BCUT2D eigenvalue weighted by Gasteiger charge is 2.30. The summed E-state index contributed by atoms with van der Waals surface area (Å²) >= 11 is 0. The second-order valence-electron chi connectivity index (χ2n) is 6.00. The Morgan fingerprint density at radius 2 is 1.56 bits per heavy atom. The Hall–Kier alpha value is -2.21. The van der Waals surface area contributed by atoms with Crippen LogP contribution in [0.3, 0.4) is 0 Å². The third-order valence-corrected chi connectivity index (χ3v) is 4.10. The van der Waals surface area contributed by atoms with E-state index in [1.54, 1.807) is 24.3 Å². The quantitative estimate of drug-likeness (QED) is 0.733. The van der Waals surface area contributed by atoms with E-state index in [1.165, 1.54) is 25.0 Å². The maximum atomic E-state index is 12.7. The topological polar surface area (TPSA) is 21.7 Å². The molecule has 0 aromatic heterocycles. The zero-order valence-electron chi connectivity index (χ0n) is 13.8. The van der Waals surface area contributed by atoms with E-state index in [2.05, 4.69) is 4.90 Å². The van der Waals surface area contributed by atoms with Gasteiger partial charge in [0.2, 0.25) is 0 Å². The van der Waals surface area contributed by atoms with Crippen molar-refractivity contribution in [1.82, 2.24) is 4.90 Å². The van der Waals surface area contributed by atoms with Gasteiger partial charge in [-0.1, -0.05) is 6.07 Å². The average molecular weight is 351 g/mol. The number of nitrogens with zero attached hydrogens (tertiary/aromatic N) is 1. The van der Waals surface area contributed by atoms with Gasteiger partial charge >= 0.3 is 6.18 Å². The number of hydrogen-bond acceptors (Lipinski definition) is 3. The molecule has 0 atom stereocenters. The van der Waals surface area contributed by atoms with Crippen LogP contribution >= 0.6 is 0 Å². The van der Waals surface area contributed by atoms with E-state index in [-0.39, 0.29) is 5.75 Å². The lowest BCUT2D eigenvalue weighted by Crippen LogP contribution is -2.25. The van der Waals surface area contributed by atoms with E-state index in [0.29, 0.717) is 12.4 Å². The normalized spacial score (nSPS) is 15.3. The van der Waals surface area contributed by atoms with Crippen molar-refractivity contribution in [3.8, 4) is 17.2 Å². The third-order valence-electron chi connectivity index (χ3n) is 4.10. The van der Waals surface area contributed by atoms with Crippen LogP contribution in [0.25, 0.3) is 0 Å². The summed E-state index contributed by atoms with van der Waals surface area (Å²) in [6.07, 6.45) is -1.88. The molecule has 2 aromatic rings. The molecule has 1 heterocycles. The van der Waals surface area contributed by atoms with Crippen molar-refractivity contribution < 1.29 is 22.6 Å². The minimum Gasteiger partial charge on any atom is -0.492 e. The molecule has 3 nitrogen and oxygen atoms in total. The first-order valence-electron chi connectivity index (χ1n) is 8.31. The molecule has 25 heavy (non-hydrogen) atoms. The summed E-state index contributed by atoms with van der Waals surface area (Å²) in [5.41, 5.74) is -0.730. The monoisotopic (exact) mass is 351 g/mol. The highest BCUT2D eigenvalue weighted by atomic mass is 19.4. The van der Waals surface area contributed by atoms with Gasteiger partial charge in [0.05, 0.1) is 5.56 Å². The highest BCUT2D eigenvalue weighted by molar-refractivity contribution is 5.37. The van der Waals surface area contributed by atoms with Crippen molar-refractivity contribution in [1.29, 1.82) is 0 Å². The van der Waals surface area contributed by atoms with Crippen LogP contribution in [0.4, 0.5) is 13.2 Å². The molecule has 2 aromatic carbocycles. The lowest BCUT2D eigenvalue weighted by molar-refractivity contribution is -0.137. The number of alkyl halides is 3. The summed E-state index contributed by atoms with van der Waals surface area (Å²) in [6, 6.07) is 11.7. The van der Waals surface area contributed by atoms with Crippen LogP contribution in [0.2, 0.25) is 0 Å². The molecule has 1 fully saturated rings. The Morgan fingerprint density at radius 3 is 2.24 bits per heavy atom. The van der Waals surface area contributed by atoms with Crippen LogP contribution in [-0.4, -0.2) is 31.1 Å². The van der Waals surface area contributed by atoms with Crippen LogP contribution in [-0.2, 0) is 6.18 Å². The third kappa shape index (κ3) is 5.13. The maximum Gasteiger partial charge on any atom is 0.416 e. The van der Waals surface area contributed by atoms with E-state index in [1.807, 2.05) is 0 Å². The first-order valence-corrected chi connectivity index (χ1v) is 8.31. The van der Waals surface area contributed by atoms with E-state index >= 15 is 0 Å². The van der Waals surface area contributed by atoms with E-state index in [9.17, 15) is 13.2 Å². The Morgan fingerprint density at radius 1 is 0.880 bits per heavy atom. The SMILES string of the molecule is FC(F)(F)c1cccc(Oc2ccc(OCCN3CCCC3)cc2)c1. The van der Waals surface area contributed by atoms with Gasteiger partial charge < -0.3 is 9.47 Å². The predicted octanol–water partition coefficient (Wildman–Crippen LogP) is 4.97. The molecule has 0 saturated carbocycles. The molecule has 1 saturated heterocycles. The van der Waals surface area contributed by atoms with Gasteiger partial charge in [-0.25, -0.2) is 0 Å². The summed E-state index contributed by atoms with van der Waals surface area (Å²) in [5.74, 6) is 1.33. The molecule has 0 N–H and O–H groups in total. The van der Waals surface area contributed by atoms with Gasteiger partial charge in [-0.15, -0.1) is 0 Å². The summed E-state index contributed by atoms with van der Waals surface area (Å²) in [4.78, 5) is 2.37. The summed E-state index contributed by atoms with van der Waals surface area (Å²) in [7, 11) is 0. The van der Waals surface area contributed by atoms with Crippen LogP contribution in [0.1, 0.15) is 18.4 Å². The zero-order valence-corrected chi connectivity index (χ0v) is 13.8. The molecule has 0 aliphatic carbocycles. The van der Waals surface area contributed by atoms with Crippen LogP contribution < -0.4 is 9.47 Å². The van der Waals surface area contributed by atoms with Gasteiger partial charge in [0.15, 0.2) is 0 Å². The van der Waals surface area contributed by atoms with Gasteiger partial charge in [0, 0.05) is 6.54 Å². The molecule has 1 aliphatic heterocycles. The summed E-state index contributed by atoms with van der Waals surface area (Å²) in [5, 5.41) is 0. The fourth-order valence-corrected chi connectivity index (χ4v) is 2.77. The number of halogens is 3. The minimum absolute atomic E-state index is 0.150. The molecule has 0 bridgehead atoms. The number of benzene rings is 2. The fourth-order valence-electron chi connectivity index (χ4n) is 2.77. The standard InChI is InChI=1S/C19H20F3NO2/c20-19(21,22)15-4-3-5-18(14-15)25-17-8-6-16(7-9-17)24-13-12-23-10-1-2-11-23/h3-9,14H,1-2,10-13H2. The van der Waals surface area contributed by atoms with Gasteiger partial charge in [-0.05, 0) is 68.4 Å². The van der Waals surface area contributed by atoms with Gasteiger partial charge in [-0.3, -0.25) is 4.90 Å². The molecule has 134 valence electrons. The van der Waals surface area contributed by atoms with Crippen molar-refractivity contribution in [2.45, 2.75) is 19.0 Å². The minimum atomic E-state index is -4.38. The first kappa shape index (κ1) is 17.6. The summed E-state index contributed by atoms with van der Waals surface area (Å²) in [6.45, 7) is 3.79. The predicted molar refractivity (Wildman–Crippen MR) is 89.1 cm³/mol. The van der Waals surface area contributed by atoms with Crippen molar-refractivity contribution >= 4 is 0 Å². The number of rotatable bonds is 6. The molecule has 0 amide bonds. The maximum absolute atomic E-state index is 12.7. The second-order valence-corrected chi connectivity index (χ2v) is 6.00. The molecule has 6 heteroatoms. The molecular formula is C19H20F3NO2. The number of hydrogen-bond donors (Lipinski definition) is 0. The van der Waals surface area contributed by atoms with Crippen molar-refractivity contribution in [3.05, 3.63) is 54.1 Å². The Bertz CT molecular complexity index is 680. The Kier molecular flexibility index (Phi) is 5.48. The van der Waals surface area contributed by atoms with E-state index < -0.39 is 11.7 Å². The molecule has 1 aliphatic rings. The van der Waals surface area contributed by atoms with Gasteiger partial charge in [0.1, 0.15) is 23.9 Å². The lowest BCUT2D eigenvalue weighted by Gasteiger charge is -2.15. The highest BCUT2D eigenvalue weighted by Crippen LogP contribution is 2.33.